The van der Waals surface area contributed by atoms with E-state index in [0.29, 0.717) is 23.3 Å². The first kappa shape index (κ1) is 24.3. The average molecular weight is 489 g/mol. The molecule has 1 N–H and O–H groups in total. The molecule has 0 saturated carbocycles. The minimum atomic E-state index is -0.195. The number of benzene rings is 3. The van der Waals surface area contributed by atoms with Crippen molar-refractivity contribution in [2.75, 3.05) is 19.5 Å². The lowest BCUT2D eigenvalue weighted by atomic mass is 10.1. The van der Waals surface area contributed by atoms with E-state index in [-0.39, 0.29) is 17.7 Å². The molecule has 7 nitrogen and oxygen atoms in total. The van der Waals surface area contributed by atoms with Gasteiger partial charge < -0.3 is 14.8 Å². The molecule has 0 aliphatic rings. The molecular weight excluding hydrogens is 460 g/mol. The van der Waals surface area contributed by atoms with Gasteiger partial charge in [0.15, 0.2) is 22.5 Å². The van der Waals surface area contributed by atoms with Crippen LogP contribution in [0.2, 0.25) is 0 Å². The summed E-state index contributed by atoms with van der Waals surface area (Å²) in [5, 5.41) is 12.5. The molecule has 1 aromatic heterocycles. The van der Waals surface area contributed by atoms with Crippen molar-refractivity contribution in [1.82, 2.24) is 20.1 Å². The van der Waals surface area contributed by atoms with Crippen LogP contribution < -0.4 is 14.8 Å². The molecule has 35 heavy (non-hydrogen) atoms. The standard InChI is InChI=1S/C27H28N4O3S/c1-4-34-23-16-15-21(17-24(23)33-3)19(2)28-25(32)18-35-27-30-29-26(20-11-7-5-8-12-20)31(27)22-13-9-6-10-14-22/h5-17,19H,4,18H2,1-3H3,(H,28,32). The quantitative estimate of drug-likeness (QED) is 0.305. The number of rotatable bonds is 10. The van der Waals surface area contributed by atoms with Crippen molar-refractivity contribution >= 4 is 17.7 Å². The summed E-state index contributed by atoms with van der Waals surface area (Å²) in [5.41, 5.74) is 2.83. The molecule has 0 aliphatic heterocycles. The molecular formula is C27H28N4O3S. The summed E-state index contributed by atoms with van der Waals surface area (Å²) in [7, 11) is 1.61. The molecule has 0 bridgehead atoms. The molecule has 1 heterocycles. The lowest BCUT2D eigenvalue weighted by Crippen LogP contribution is -2.28. The Hall–Kier alpha value is -3.78. The molecule has 4 rings (SSSR count). The Bertz CT molecular complexity index is 1260. The van der Waals surface area contributed by atoms with Gasteiger partial charge in [-0.15, -0.1) is 10.2 Å². The van der Waals surface area contributed by atoms with Gasteiger partial charge in [0.05, 0.1) is 25.5 Å². The van der Waals surface area contributed by atoms with Crippen molar-refractivity contribution in [1.29, 1.82) is 0 Å². The topological polar surface area (TPSA) is 78.3 Å². The van der Waals surface area contributed by atoms with Gasteiger partial charge in [-0.3, -0.25) is 9.36 Å². The molecule has 4 aromatic rings. The average Bonchev–Trinajstić information content (AvgIpc) is 3.33. The molecule has 0 aliphatic carbocycles. The monoisotopic (exact) mass is 488 g/mol. The van der Waals surface area contributed by atoms with Gasteiger partial charge in [-0.1, -0.05) is 66.4 Å². The van der Waals surface area contributed by atoms with Crippen molar-refractivity contribution in [2.24, 2.45) is 0 Å². The van der Waals surface area contributed by atoms with E-state index in [9.17, 15) is 4.79 Å². The molecule has 0 saturated heterocycles. The van der Waals surface area contributed by atoms with E-state index in [1.807, 2.05) is 97.3 Å². The summed E-state index contributed by atoms with van der Waals surface area (Å²) in [6, 6.07) is 25.3. The Kier molecular flexibility index (Phi) is 8.05. The van der Waals surface area contributed by atoms with E-state index < -0.39 is 0 Å². The second-order valence-electron chi connectivity index (χ2n) is 7.76. The maximum absolute atomic E-state index is 12.8. The number of para-hydroxylation sites is 1. The Balaban J connectivity index is 1.48. The van der Waals surface area contributed by atoms with Gasteiger partial charge in [-0.2, -0.15) is 0 Å². The largest absolute Gasteiger partial charge is 0.493 e. The number of ether oxygens (including phenoxy) is 2. The zero-order valence-corrected chi connectivity index (χ0v) is 20.8. The summed E-state index contributed by atoms with van der Waals surface area (Å²) in [4.78, 5) is 12.8. The molecule has 0 spiro atoms. The van der Waals surface area contributed by atoms with Crippen LogP contribution in [0.25, 0.3) is 17.1 Å². The predicted octanol–water partition coefficient (Wildman–Crippen LogP) is 5.31. The van der Waals surface area contributed by atoms with Gasteiger partial charge >= 0.3 is 0 Å². The molecule has 0 radical (unpaired) electrons. The number of methoxy groups -OCH3 is 1. The van der Waals surface area contributed by atoms with E-state index >= 15 is 0 Å². The van der Waals surface area contributed by atoms with E-state index in [1.165, 1.54) is 11.8 Å². The lowest BCUT2D eigenvalue weighted by molar-refractivity contribution is -0.119. The number of amides is 1. The Morgan fingerprint density at radius 1 is 1.00 bits per heavy atom. The van der Waals surface area contributed by atoms with Gasteiger partial charge in [-0.25, -0.2) is 0 Å². The number of hydrogen-bond donors (Lipinski definition) is 1. The van der Waals surface area contributed by atoms with Crippen molar-refractivity contribution in [3.8, 4) is 28.6 Å². The Morgan fingerprint density at radius 2 is 1.71 bits per heavy atom. The summed E-state index contributed by atoms with van der Waals surface area (Å²) in [6.07, 6.45) is 0. The van der Waals surface area contributed by atoms with Crippen LogP contribution in [0.1, 0.15) is 25.5 Å². The van der Waals surface area contributed by atoms with Gasteiger partial charge in [0.1, 0.15) is 0 Å². The summed E-state index contributed by atoms with van der Waals surface area (Å²) >= 11 is 1.35. The second kappa shape index (κ2) is 11.6. The first-order valence-corrected chi connectivity index (χ1v) is 12.4. The number of nitrogens with zero attached hydrogens (tertiary/aromatic N) is 3. The Morgan fingerprint density at radius 3 is 2.40 bits per heavy atom. The van der Waals surface area contributed by atoms with Gasteiger partial charge in [0.2, 0.25) is 5.91 Å². The minimum Gasteiger partial charge on any atom is -0.493 e. The maximum atomic E-state index is 12.8. The summed E-state index contributed by atoms with van der Waals surface area (Å²) in [5.74, 6) is 2.17. The fourth-order valence-corrected chi connectivity index (χ4v) is 4.44. The number of aromatic nitrogens is 3. The van der Waals surface area contributed by atoms with Crippen LogP contribution >= 0.6 is 11.8 Å². The highest BCUT2D eigenvalue weighted by Crippen LogP contribution is 2.31. The highest BCUT2D eigenvalue weighted by Gasteiger charge is 2.18. The second-order valence-corrected chi connectivity index (χ2v) is 8.71. The fourth-order valence-electron chi connectivity index (χ4n) is 3.67. The number of thioether (sulfide) groups is 1. The van der Waals surface area contributed by atoms with E-state index in [4.69, 9.17) is 9.47 Å². The van der Waals surface area contributed by atoms with Crippen LogP contribution in [0.5, 0.6) is 11.5 Å². The molecule has 8 heteroatoms. The molecule has 1 unspecified atom stereocenters. The van der Waals surface area contributed by atoms with E-state index in [1.54, 1.807) is 7.11 Å². The number of hydrogen-bond acceptors (Lipinski definition) is 6. The third-order valence-electron chi connectivity index (χ3n) is 5.38. The van der Waals surface area contributed by atoms with Crippen LogP contribution in [0, 0.1) is 0 Å². The fraction of sp³-hybridized carbons (Fsp3) is 0.222. The Labute approximate surface area is 209 Å². The molecule has 1 amide bonds. The van der Waals surface area contributed by atoms with Crippen molar-refractivity contribution in [3.63, 3.8) is 0 Å². The van der Waals surface area contributed by atoms with Crippen molar-refractivity contribution < 1.29 is 14.3 Å². The van der Waals surface area contributed by atoms with Crippen LogP contribution in [-0.4, -0.2) is 40.1 Å². The van der Waals surface area contributed by atoms with Crippen LogP contribution in [-0.2, 0) is 4.79 Å². The van der Waals surface area contributed by atoms with Gasteiger partial charge in [-0.05, 0) is 43.7 Å². The molecule has 180 valence electrons. The third-order valence-corrected chi connectivity index (χ3v) is 6.31. The smallest absolute Gasteiger partial charge is 0.230 e. The van der Waals surface area contributed by atoms with Crippen LogP contribution in [0.4, 0.5) is 0 Å². The molecule has 0 fully saturated rings. The molecule has 1 atom stereocenters. The normalized spacial score (nSPS) is 11.6. The van der Waals surface area contributed by atoms with E-state index in [2.05, 4.69) is 15.5 Å². The van der Waals surface area contributed by atoms with Crippen LogP contribution in [0.3, 0.4) is 0 Å². The highest BCUT2D eigenvalue weighted by molar-refractivity contribution is 7.99. The van der Waals surface area contributed by atoms with Gasteiger partial charge in [0.25, 0.3) is 0 Å². The molecule has 3 aromatic carbocycles. The minimum absolute atomic E-state index is 0.0979. The number of carbonyl (C=O) groups excluding carboxylic acids is 1. The number of carbonyl (C=O) groups is 1. The van der Waals surface area contributed by atoms with Crippen molar-refractivity contribution in [3.05, 3.63) is 84.4 Å². The first-order valence-electron chi connectivity index (χ1n) is 11.4. The van der Waals surface area contributed by atoms with Gasteiger partial charge in [0, 0.05) is 11.3 Å². The third kappa shape index (κ3) is 5.84. The van der Waals surface area contributed by atoms with E-state index in [0.717, 1.165) is 22.6 Å². The zero-order valence-electron chi connectivity index (χ0n) is 20.0. The SMILES string of the molecule is CCOc1ccc(C(C)NC(=O)CSc2nnc(-c3ccccc3)n2-c2ccccc2)cc1OC. The summed E-state index contributed by atoms with van der Waals surface area (Å²) in [6.45, 7) is 4.42. The van der Waals surface area contributed by atoms with Crippen LogP contribution in [0.15, 0.2) is 84.0 Å². The predicted molar refractivity (Wildman–Crippen MR) is 138 cm³/mol. The summed E-state index contributed by atoms with van der Waals surface area (Å²) < 4.78 is 13.0. The maximum Gasteiger partial charge on any atom is 0.230 e. The lowest BCUT2D eigenvalue weighted by Gasteiger charge is -2.17. The first-order chi connectivity index (χ1) is 17.1. The van der Waals surface area contributed by atoms with Crippen molar-refractivity contribution in [2.45, 2.75) is 25.0 Å². The number of nitrogens with one attached hydrogen (secondary N) is 1. The highest BCUT2D eigenvalue weighted by atomic mass is 32.2. The zero-order chi connectivity index (χ0) is 24.6.